The summed E-state index contributed by atoms with van der Waals surface area (Å²) < 4.78 is 0. The molecule has 1 rings (SSSR count). The summed E-state index contributed by atoms with van der Waals surface area (Å²) in [6, 6.07) is 5.90. The normalized spacial score (nSPS) is 12.9. The molecule has 2 heteroatoms. The summed E-state index contributed by atoms with van der Waals surface area (Å²) in [7, 11) is 0. The fraction of sp³-hybridized carbons (Fsp3) is 0.500. The predicted molar refractivity (Wildman–Crippen MR) is 57.2 cm³/mol. The Morgan fingerprint density at radius 2 is 2.00 bits per heavy atom. The molecule has 0 saturated heterocycles. The lowest BCUT2D eigenvalue weighted by Gasteiger charge is -2.16. The molecule has 0 aromatic heterocycles. The van der Waals surface area contributed by atoms with E-state index in [0.29, 0.717) is 0 Å². The monoisotopic (exact) mass is 194 g/mol. The van der Waals surface area contributed by atoms with Crippen LogP contribution in [0.4, 0.5) is 0 Å². The van der Waals surface area contributed by atoms with Crippen molar-refractivity contribution in [2.45, 2.75) is 32.8 Å². The lowest BCUT2D eigenvalue weighted by molar-refractivity contribution is 0.270. The maximum Gasteiger partial charge on any atom is 0.0684 e. The summed E-state index contributed by atoms with van der Waals surface area (Å²) in [6.07, 6.45) is 0.899. The number of hydrogen-bond donors (Lipinski definition) is 2. The Bertz CT molecular complexity index is 294. The second kappa shape index (κ2) is 5.13. The lowest BCUT2D eigenvalue weighted by atomic mass is 9.91. The molecule has 0 saturated carbocycles. The van der Waals surface area contributed by atoms with Crippen LogP contribution < -0.4 is 0 Å². The van der Waals surface area contributed by atoms with Crippen molar-refractivity contribution < 1.29 is 10.2 Å². The summed E-state index contributed by atoms with van der Waals surface area (Å²) in [4.78, 5) is 0. The first kappa shape index (κ1) is 11.2. The quantitative estimate of drug-likeness (QED) is 0.767. The van der Waals surface area contributed by atoms with Crippen LogP contribution in [0.25, 0.3) is 0 Å². The Labute approximate surface area is 85.2 Å². The van der Waals surface area contributed by atoms with E-state index in [1.807, 2.05) is 25.1 Å². The highest BCUT2D eigenvalue weighted by atomic mass is 16.3. The van der Waals surface area contributed by atoms with Crippen molar-refractivity contribution >= 4 is 0 Å². The number of aliphatic hydroxyl groups excluding tert-OH is 2. The number of benzene rings is 1. The third-order valence-corrected chi connectivity index (χ3v) is 2.64. The van der Waals surface area contributed by atoms with Gasteiger partial charge in [-0.05, 0) is 23.1 Å². The molecule has 0 radical (unpaired) electrons. The van der Waals surface area contributed by atoms with Crippen LogP contribution in [-0.4, -0.2) is 16.8 Å². The maximum atomic E-state index is 9.17. The van der Waals surface area contributed by atoms with Gasteiger partial charge < -0.3 is 10.2 Å². The Hall–Kier alpha value is -0.860. The van der Waals surface area contributed by atoms with E-state index in [9.17, 15) is 0 Å². The van der Waals surface area contributed by atoms with E-state index in [1.165, 1.54) is 5.56 Å². The van der Waals surface area contributed by atoms with E-state index in [1.54, 1.807) is 0 Å². The van der Waals surface area contributed by atoms with E-state index in [0.717, 1.165) is 17.5 Å². The van der Waals surface area contributed by atoms with Crippen LogP contribution in [0.15, 0.2) is 18.2 Å². The highest BCUT2D eigenvalue weighted by molar-refractivity contribution is 5.37. The summed E-state index contributed by atoms with van der Waals surface area (Å²) in [6.45, 7) is 4.30. The van der Waals surface area contributed by atoms with Crippen molar-refractivity contribution in [1.82, 2.24) is 0 Å². The second-order valence-corrected chi connectivity index (χ2v) is 3.58. The minimum Gasteiger partial charge on any atom is -0.396 e. The van der Waals surface area contributed by atoms with Gasteiger partial charge in [-0.1, -0.05) is 32.0 Å². The van der Waals surface area contributed by atoms with Gasteiger partial charge in [0.25, 0.3) is 0 Å². The van der Waals surface area contributed by atoms with Gasteiger partial charge in [0, 0.05) is 12.5 Å². The Morgan fingerprint density at radius 1 is 1.29 bits per heavy atom. The first-order valence-corrected chi connectivity index (χ1v) is 5.06. The van der Waals surface area contributed by atoms with E-state index < -0.39 is 0 Å². The fourth-order valence-electron chi connectivity index (χ4n) is 1.79. The maximum absolute atomic E-state index is 9.17. The Kier molecular flexibility index (Phi) is 4.11. The molecule has 2 nitrogen and oxygen atoms in total. The molecule has 0 aliphatic carbocycles. The van der Waals surface area contributed by atoms with Crippen molar-refractivity contribution in [3.05, 3.63) is 34.9 Å². The van der Waals surface area contributed by atoms with E-state index >= 15 is 0 Å². The molecule has 0 aliphatic heterocycles. The van der Waals surface area contributed by atoms with Gasteiger partial charge >= 0.3 is 0 Å². The molecule has 0 spiro atoms. The average molecular weight is 194 g/mol. The van der Waals surface area contributed by atoms with Crippen molar-refractivity contribution in [1.29, 1.82) is 0 Å². The second-order valence-electron chi connectivity index (χ2n) is 3.58. The summed E-state index contributed by atoms with van der Waals surface area (Å²) in [5.74, 6) is 0.149. The van der Waals surface area contributed by atoms with Crippen molar-refractivity contribution in [3.63, 3.8) is 0 Å². The topological polar surface area (TPSA) is 40.5 Å². The van der Waals surface area contributed by atoms with Gasteiger partial charge in [0.05, 0.1) is 6.61 Å². The molecule has 1 atom stereocenters. The summed E-state index contributed by atoms with van der Waals surface area (Å²) in [5.41, 5.74) is 3.31. The van der Waals surface area contributed by atoms with E-state index in [-0.39, 0.29) is 19.1 Å². The van der Waals surface area contributed by atoms with Crippen LogP contribution in [0, 0.1) is 0 Å². The van der Waals surface area contributed by atoms with Crippen LogP contribution in [0.2, 0.25) is 0 Å². The van der Waals surface area contributed by atoms with Gasteiger partial charge in [-0.15, -0.1) is 0 Å². The number of aliphatic hydroxyl groups is 2. The highest BCUT2D eigenvalue weighted by Gasteiger charge is 2.11. The lowest BCUT2D eigenvalue weighted by Crippen LogP contribution is -2.05. The highest BCUT2D eigenvalue weighted by Crippen LogP contribution is 2.23. The largest absolute Gasteiger partial charge is 0.396 e. The van der Waals surface area contributed by atoms with Gasteiger partial charge in [-0.2, -0.15) is 0 Å². The van der Waals surface area contributed by atoms with Crippen LogP contribution >= 0.6 is 0 Å². The molecule has 1 aromatic carbocycles. The first-order chi connectivity index (χ1) is 6.74. The summed E-state index contributed by atoms with van der Waals surface area (Å²) in [5, 5.41) is 18.3. The molecule has 0 bridgehead atoms. The van der Waals surface area contributed by atoms with Crippen LogP contribution in [-0.2, 0) is 13.0 Å². The van der Waals surface area contributed by atoms with E-state index in [4.69, 9.17) is 10.2 Å². The standard InChI is InChI=1S/C12H18O2/c1-3-11-10(8-14)5-4-6-12(11)9(2)7-13/h4-6,9,13-14H,3,7-8H2,1-2H3. The first-order valence-electron chi connectivity index (χ1n) is 5.06. The van der Waals surface area contributed by atoms with Crippen molar-refractivity contribution in [2.24, 2.45) is 0 Å². The molecule has 0 amide bonds. The molecule has 0 fully saturated rings. The van der Waals surface area contributed by atoms with Gasteiger partial charge in [-0.25, -0.2) is 0 Å². The smallest absolute Gasteiger partial charge is 0.0684 e. The third kappa shape index (κ3) is 2.14. The fourth-order valence-corrected chi connectivity index (χ4v) is 1.79. The third-order valence-electron chi connectivity index (χ3n) is 2.64. The minimum absolute atomic E-state index is 0.0785. The Morgan fingerprint density at radius 3 is 2.50 bits per heavy atom. The average Bonchev–Trinajstić information content (AvgIpc) is 2.26. The molecule has 1 unspecified atom stereocenters. The van der Waals surface area contributed by atoms with Gasteiger partial charge in [-0.3, -0.25) is 0 Å². The van der Waals surface area contributed by atoms with Crippen LogP contribution in [0.5, 0.6) is 0 Å². The van der Waals surface area contributed by atoms with Crippen molar-refractivity contribution in [3.8, 4) is 0 Å². The molecule has 2 N–H and O–H groups in total. The zero-order valence-electron chi connectivity index (χ0n) is 8.83. The van der Waals surface area contributed by atoms with Crippen LogP contribution in [0.3, 0.4) is 0 Å². The van der Waals surface area contributed by atoms with Gasteiger partial charge in [0.2, 0.25) is 0 Å². The number of hydrogen-bond acceptors (Lipinski definition) is 2. The van der Waals surface area contributed by atoms with Gasteiger partial charge in [0.1, 0.15) is 0 Å². The molecule has 0 heterocycles. The van der Waals surface area contributed by atoms with E-state index in [2.05, 4.69) is 6.92 Å². The predicted octanol–water partition coefficient (Wildman–Crippen LogP) is 1.84. The Balaban J connectivity index is 3.14. The van der Waals surface area contributed by atoms with Crippen molar-refractivity contribution in [2.75, 3.05) is 6.61 Å². The van der Waals surface area contributed by atoms with Gasteiger partial charge in [0.15, 0.2) is 0 Å². The molecule has 1 aromatic rings. The number of rotatable bonds is 4. The molecular formula is C12H18O2. The summed E-state index contributed by atoms with van der Waals surface area (Å²) >= 11 is 0. The zero-order chi connectivity index (χ0) is 10.6. The molecule has 0 aliphatic rings. The minimum atomic E-state index is 0.0785. The molecule has 14 heavy (non-hydrogen) atoms. The van der Waals surface area contributed by atoms with Crippen LogP contribution in [0.1, 0.15) is 36.5 Å². The molecule has 78 valence electrons. The zero-order valence-corrected chi connectivity index (χ0v) is 8.83. The SMILES string of the molecule is CCc1c(CO)cccc1C(C)CO. The molecular weight excluding hydrogens is 176 g/mol.